The molecule has 0 N–H and O–H groups in total. The quantitative estimate of drug-likeness (QED) is 0.514. The van der Waals surface area contributed by atoms with Crippen molar-refractivity contribution in [2.24, 2.45) is 5.92 Å². The summed E-state index contributed by atoms with van der Waals surface area (Å²) < 4.78 is 8.04. The maximum Gasteiger partial charge on any atom is 0.233 e. The molecule has 0 amide bonds. The molecule has 2 unspecified atom stereocenters. The highest BCUT2D eigenvalue weighted by molar-refractivity contribution is 6.44. The number of benzene rings is 1. The van der Waals surface area contributed by atoms with Crippen molar-refractivity contribution in [3.63, 3.8) is 0 Å². The second-order valence-corrected chi connectivity index (χ2v) is 8.62. The summed E-state index contributed by atoms with van der Waals surface area (Å²) in [4.78, 5) is 2.50. The van der Waals surface area contributed by atoms with Gasteiger partial charge >= 0.3 is 0 Å². The Kier molecular flexibility index (Phi) is 6.63. The number of rotatable bonds is 7. The van der Waals surface area contributed by atoms with Gasteiger partial charge in [0.2, 0.25) is 5.88 Å². The van der Waals surface area contributed by atoms with Gasteiger partial charge in [-0.25, -0.2) is 0 Å². The molecule has 4 nitrogen and oxygen atoms in total. The van der Waals surface area contributed by atoms with Gasteiger partial charge in [0.25, 0.3) is 0 Å². The van der Waals surface area contributed by atoms with Gasteiger partial charge in [0.1, 0.15) is 0 Å². The largest absolute Gasteiger partial charge is 0.477 e. The molecule has 154 valence electrons. The third-order valence-corrected chi connectivity index (χ3v) is 6.38. The van der Waals surface area contributed by atoms with Gasteiger partial charge in [-0.05, 0) is 44.0 Å². The highest BCUT2D eigenvalue weighted by Gasteiger charge is 2.26. The van der Waals surface area contributed by atoms with Crippen molar-refractivity contribution in [3.05, 3.63) is 58.6 Å². The van der Waals surface area contributed by atoms with Crippen LogP contribution in [-0.2, 0) is 0 Å². The molecule has 2 aliphatic rings. The number of hydrogen-bond donors (Lipinski definition) is 0. The number of aromatic nitrogens is 2. The lowest BCUT2D eigenvalue weighted by Crippen LogP contribution is -2.22. The normalized spacial score (nSPS) is 22.4. The summed E-state index contributed by atoms with van der Waals surface area (Å²) in [6, 6.07) is 12.3. The smallest absolute Gasteiger partial charge is 0.233 e. The molecule has 1 saturated heterocycles. The number of allylic oxidation sites excluding steroid dienone is 4. The van der Waals surface area contributed by atoms with Crippen molar-refractivity contribution < 1.29 is 4.74 Å². The lowest BCUT2D eigenvalue weighted by atomic mass is 9.96. The summed E-state index contributed by atoms with van der Waals surface area (Å²) in [5.41, 5.74) is 2.12. The van der Waals surface area contributed by atoms with E-state index in [2.05, 4.69) is 24.0 Å². The predicted molar refractivity (Wildman–Crippen MR) is 120 cm³/mol. The summed E-state index contributed by atoms with van der Waals surface area (Å²) in [5, 5.41) is 5.96. The van der Waals surface area contributed by atoms with Crippen molar-refractivity contribution >= 4 is 23.2 Å². The average molecular weight is 432 g/mol. The molecule has 0 saturated carbocycles. The Bertz CT molecular complexity index is 885. The van der Waals surface area contributed by atoms with Gasteiger partial charge in [-0.15, -0.1) is 5.10 Å². The minimum Gasteiger partial charge on any atom is -0.477 e. The second kappa shape index (κ2) is 9.38. The van der Waals surface area contributed by atoms with E-state index in [0.29, 0.717) is 22.6 Å². The fourth-order valence-corrected chi connectivity index (χ4v) is 4.50. The molecule has 4 rings (SSSR count). The first-order valence-corrected chi connectivity index (χ1v) is 11.1. The standard InChI is InChI=1S/C23H27Cl2N3O/c1-17-14-19(24)20(25)15-21(17)28-22(18-8-3-2-4-9-18)16-23(26-28)29-13-7-12-27-10-5-6-11-27/h2-4,8-9,14-17,21H,5-7,10-13H2,1H3. The Morgan fingerprint density at radius 3 is 2.55 bits per heavy atom. The average Bonchev–Trinajstić information content (AvgIpc) is 3.39. The number of likely N-dealkylation sites (tertiary alicyclic amines) is 1. The van der Waals surface area contributed by atoms with Crippen LogP contribution in [0.15, 0.2) is 58.6 Å². The molecule has 1 fully saturated rings. The van der Waals surface area contributed by atoms with Crippen molar-refractivity contribution in [1.29, 1.82) is 0 Å². The van der Waals surface area contributed by atoms with Gasteiger partial charge < -0.3 is 9.64 Å². The van der Waals surface area contributed by atoms with E-state index in [1.165, 1.54) is 25.9 Å². The van der Waals surface area contributed by atoms with E-state index >= 15 is 0 Å². The molecule has 0 bridgehead atoms. The molecule has 1 aromatic heterocycles. The van der Waals surface area contributed by atoms with Crippen LogP contribution in [0.2, 0.25) is 0 Å². The van der Waals surface area contributed by atoms with Crippen LogP contribution in [-0.4, -0.2) is 40.9 Å². The third kappa shape index (κ3) is 4.88. The monoisotopic (exact) mass is 431 g/mol. The lowest BCUT2D eigenvalue weighted by Gasteiger charge is -2.25. The Morgan fingerprint density at radius 1 is 1.07 bits per heavy atom. The fraction of sp³-hybridized carbons (Fsp3) is 0.435. The number of ether oxygens (including phenoxy) is 1. The van der Waals surface area contributed by atoms with Gasteiger partial charge in [-0.2, -0.15) is 0 Å². The van der Waals surface area contributed by atoms with Crippen molar-refractivity contribution in [1.82, 2.24) is 14.7 Å². The Morgan fingerprint density at radius 2 is 1.79 bits per heavy atom. The van der Waals surface area contributed by atoms with E-state index < -0.39 is 0 Å². The lowest BCUT2D eigenvalue weighted by molar-refractivity contribution is 0.253. The van der Waals surface area contributed by atoms with E-state index in [-0.39, 0.29) is 12.0 Å². The minimum absolute atomic E-state index is 0.0119. The summed E-state index contributed by atoms with van der Waals surface area (Å²) in [6.07, 6.45) is 7.61. The van der Waals surface area contributed by atoms with E-state index in [0.717, 1.165) is 24.2 Å². The summed E-state index contributed by atoms with van der Waals surface area (Å²) >= 11 is 12.5. The van der Waals surface area contributed by atoms with Gasteiger partial charge in [0.05, 0.1) is 28.4 Å². The first kappa shape index (κ1) is 20.5. The molecule has 0 radical (unpaired) electrons. The van der Waals surface area contributed by atoms with Crippen molar-refractivity contribution in [3.8, 4) is 17.1 Å². The zero-order valence-corrected chi connectivity index (χ0v) is 18.2. The van der Waals surface area contributed by atoms with Crippen LogP contribution in [0.5, 0.6) is 5.88 Å². The number of hydrogen-bond acceptors (Lipinski definition) is 3. The van der Waals surface area contributed by atoms with Crippen LogP contribution in [0.1, 0.15) is 32.2 Å². The Balaban J connectivity index is 1.53. The summed E-state index contributed by atoms with van der Waals surface area (Å²) in [7, 11) is 0. The molecule has 1 aliphatic heterocycles. The molecular weight excluding hydrogens is 405 g/mol. The molecule has 1 aliphatic carbocycles. The van der Waals surface area contributed by atoms with E-state index in [1.54, 1.807) is 0 Å². The third-order valence-electron chi connectivity index (χ3n) is 5.63. The Labute approximate surface area is 182 Å². The zero-order valence-electron chi connectivity index (χ0n) is 16.7. The second-order valence-electron chi connectivity index (χ2n) is 7.81. The minimum atomic E-state index is -0.0119. The van der Waals surface area contributed by atoms with Crippen molar-refractivity contribution in [2.75, 3.05) is 26.2 Å². The van der Waals surface area contributed by atoms with Crippen LogP contribution in [0.25, 0.3) is 11.3 Å². The maximum absolute atomic E-state index is 6.33. The van der Waals surface area contributed by atoms with Crippen LogP contribution in [0, 0.1) is 5.92 Å². The van der Waals surface area contributed by atoms with Gasteiger partial charge in [-0.3, -0.25) is 4.68 Å². The maximum atomic E-state index is 6.33. The molecule has 29 heavy (non-hydrogen) atoms. The van der Waals surface area contributed by atoms with Crippen LogP contribution < -0.4 is 4.74 Å². The van der Waals surface area contributed by atoms with Gasteiger partial charge in [0.15, 0.2) is 0 Å². The van der Waals surface area contributed by atoms with Crippen LogP contribution in [0.4, 0.5) is 0 Å². The molecular formula is C23H27Cl2N3O. The first-order valence-electron chi connectivity index (χ1n) is 10.4. The van der Waals surface area contributed by atoms with E-state index in [1.807, 2.05) is 41.1 Å². The Hall–Kier alpha value is -1.75. The number of nitrogens with zero attached hydrogens (tertiary/aromatic N) is 3. The van der Waals surface area contributed by atoms with Gasteiger partial charge in [-0.1, -0.05) is 66.5 Å². The van der Waals surface area contributed by atoms with Crippen molar-refractivity contribution in [2.45, 2.75) is 32.2 Å². The number of halogens is 2. The molecule has 2 aromatic rings. The van der Waals surface area contributed by atoms with Crippen LogP contribution in [0.3, 0.4) is 0 Å². The molecule has 2 heterocycles. The molecule has 2 atom stereocenters. The van der Waals surface area contributed by atoms with E-state index in [9.17, 15) is 0 Å². The molecule has 1 aromatic carbocycles. The molecule has 6 heteroatoms. The SMILES string of the molecule is CC1C=C(Cl)C(Cl)=CC1n1nc(OCCCN2CCCC2)cc1-c1ccccc1. The molecule has 0 spiro atoms. The zero-order chi connectivity index (χ0) is 20.2. The highest BCUT2D eigenvalue weighted by atomic mass is 35.5. The summed E-state index contributed by atoms with van der Waals surface area (Å²) in [5.74, 6) is 0.832. The first-order chi connectivity index (χ1) is 14.1. The van der Waals surface area contributed by atoms with Crippen LogP contribution >= 0.6 is 23.2 Å². The van der Waals surface area contributed by atoms with E-state index in [4.69, 9.17) is 33.0 Å². The van der Waals surface area contributed by atoms with Gasteiger partial charge in [0, 0.05) is 18.5 Å². The topological polar surface area (TPSA) is 30.3 Å². The fourth-order valence-electron chi connectivity index (χ4n) is 4.05. The summed E-state index contributed by atoms with van der Waals surface area (Å²) in [6.45, 7) is 6.32. The predicted octanol–water partition coefficient (Wildman–Crippen LogP) is 5.85. The highest BCUT2D eigenvalue weighted by Crippen LogP contribution is 2.37.